The summed E-state index contributed by atoms with van der Waals surface area (Å²) in [6.45, 7) is 3.34. The largest absolute Gasteiger partial charge is 0.481 e. The molecule has 1 amide bonds. The van der Waals surface area contributed by atoms with Gasteiger partial charge in [0.2, 0.25) is 0 Å². The molecule has 0 radical (unpaired) electrons. The molecule has 0 heterocycles. The summed E-state index contributed by atoms with van der Waals surface area (Å²) < 4.78 is 5.49. The van der Waals surface area contributed by atoms with E-state index in [1.165, 1.54) is 11.9 Å². The number of rotatable bonds is 6. The van der Waals surface area contributed by atoms with Gasteiger partial charge in [0.25, 0.3) is 5.91 Å². The number of hydrogen-bond donors (Lipinski definition) is 1. The second-order valence-electron chi connectivity index (χ2n) is 4.28. The fourth-order valence-corrected chi connectivity index (χ4v) is 1.81. The molecule has 0 saturated heterocycles. The van der Waals surface area contributed by atoms with Gasteiger partial charge >= 0.3 is 5.97 Å². The fraction of sp³-hybridized carbons (Fsp3) is 0.429. The molecule has 19 heavy (non-hydrogen) atoms. The Bertz CT molecular complexity index is 432. The van der Waals surface area contributed by atoms with E-state index in [2.05, 4.69) is 0 Å². The summed E-state index contributed by atoms with van der Waals surface area (Å²) in [5, 5.41) is 9.03. The van der Waals surface area contributed by atoms with Gasteiger partial charge in [0.05, 0.1) is 0 Å². The van der Waals surface area contributed by atoms with Crippen LogP contribution in [0.2, 0.25) is 0 Å². The molecule has 1 aromatic rings. The minimum atomic E-state index is -1.01. The van der Waals surface area contributed by atoms with Gasteiger partial charge in [-0.25, -0.2) is 4.79 Å². The summed E-state index contributed by atoms with van der Waals surface area (Å²) in [7, 11) is 1.48. The van der Waals surface area contributed by atoms with Crippen molar-refractivity contribution in [3.05, 3.63) is 30.3 Å². The summed E-state index contributed by atoms with van der Waals surface area (Å²) in [6, 6.07) is 8.14. The predicted octanol–water partition coefficient (Wildman–Crippen LogP) is 1.78. The first-order valence-electron chi connectivity index (χ1n) is 6.18. The average Bonchev–Trinajstić information content (AvgIpc) is 2.39. The molecule has 0 aliphatic carbocycles. The molecule has 1 N–H and O–H groups in total. The Morgan fingerprint density at radius 1 is 1.32 bits per heavy atom. The third kappa shape index (κ3) is 3.98. The van der Waals surface area contributed by atoms with E-state index in [4.69, 9.17) is 9.84 Å². The molecule has 1 rings (SSSR count). The smallest absolute Gasteiger partial charge is 0.326 e. The van der Waals surface area contributed by atoms with Gasteiger partial charge in [-0.15, -0.1) is 0 Å². The number of ether oxygens (including phenoxy) is 1. The van der Waals surface area contributed by atoms with Crippen molar-refractivity contribution in [2.45, 2.75) is 32.4 Å². The number of carboxylic acids is 1. The van der Waals surface area contributed by atoms with Crippen molar-refractivity contribution < 1.29 is 19.4 Å². The maximum atomic E-state index is 12.1. The lowest BCUT2D eigenvalue weighted by Gasteiger charge is -2.26. The van der Waals surface area contributed by atoms with E-state index in [0.29, 0.717) is 12.2 Å². The number of benzene rings is 1. The first kappa shape index (κ1) is 15.0. The van der Waals surface area contributed by atoms with Crippen molar-refractivity contribution in [1.29, 1.82) is 0 Å². The summed E-state index contributed by atoms with van der Waals surface area (Å²) in [4.78, 5) is 24.3. The quantitative estimate of drug-likeness (QED) is 0.851. The lowest BCUT2D eigenvalue weighted by molar-refractivity contribution is -0.151. The van der Waals surface area contributed by atoms with Gasteiger partial charge in [-0.2, -0.15) is 0 Å². The van der Waals surface area contributed by atoms with Gasteiger partial charge < -0.3 is 14.7 Å². The monoisotopic (exact) mass is 265 g/mol. The summed E-state index contributed by atoms with van der Waals surface area (Å²) in [5.41, 5.74) is 0. The number of nitrogens with zero attached hydrogens (tertiary/aromatic N) is 1. The molecule has 0 saturated carbocycles. The Labute approximate surface area is 112 Å². The molecule has 5 heteroatoms. The summed E-state index contributed by atoms with van der Waals surface area (Å²) in [6.07, 6.45) is -0.365. The van der Waals surface area contributed by atoms with Crippen LogP contribution in [0.4, 0.5) is 0 Å². The van der Waals surface area contributed by atoms with E-state index in [1.54, 1.807) is 26.0 Å². The highest BCUT2D eigenvalue weighted by Crippen LogP contribution is 2.13. The Balaban J connectivity index is 2.68. The molecule has 0 fully saturated rings. The molecule has 0 aliphatic heterocycles. The Hall–Kier alpha value is -2.04. The van der Waals surface area contributed by atoms with Crippen molar-refractivity contribution in [2.75, 3.05) is 7.05 Å². The van der Waals surface area contributed by atoms with Crippen LogP contribution in [-0.2, 0) is 9.59 Å². The standard InChI is InChI=1S/C14H19NO4/c1-4-12(14(17)18)15(3)13(16)10(2)19-11-8-6-5-7-9-11/h5-10,12H,4H2,1-3H3,(H,17,18). The topological polar surface area (TPSA) is 66.8 Å². The van der Waals surface area contributed by atoms with Gasteiger partial charge in [0.1, 0.15) is 11.8 Å². The Morgan fingerprint density at radius 2 is 1.89 bits per heavy atom. The van der Waals surface area contributed by atoms with Crippen LogP contribution in [0.25, 0.3) is 0 Å². The van der Waals surface area contributed by atoms with E-state index >= 15 is 0 Å². The zero-order valence-corrected chi connectivity index (χ0v) is 11.4. The number of carbonyl (C=O) groups is 2. The molecule has 0 aromatic heterocycles. The highest BCUT2D eigenvalue weighted by Gasteiger charge is 2.28. The first-order valence-corrected chi connectivity index (χ1v) is 6.18. The van der Waals surface area contributed by atoms with Crippen LogP contribution in [0.1, 0.15) is 20.3 Å². The van der Waals surface area contributed by atoms with Crippen LogP contribution in [0.3, 0.4) is 0 Å². The molecule has 2 atom stereocenters. The van der Waals surface area contributed by atoms with Crippen molar-refractivity contribution in [2.24, 2.45) is 0 Å². The lowest BCUT2D eigenvalue weighted by Crippen LogP contribution is -2.47. The number of likely N-dealkylation sites (N-methyl/N-ethyl adjacent to an activating group) is 1. The molecule has 0 bridgehead atoms. The third-order valence-electron chi connectivity index (χ3n) is 2.89. The van der Waals surface area contributed by atoms with Crippen LogP contribution in [0, 0.1) is 0 Å². The van der Waals surface area contributed by atoms with Crippen molar-refractivity contribution >= 4 is 11.9 Å². The molecule has 0 aliphatic rings. The Morgan fingerprint density at radius 3 is 2.37 bits per heavy atom. The van der Waals surface area contributed by atoms with Crippen LogP contribution in [0.5, 0.6) is 5.75 Å². The summed E-state index contributed by atoms with van der Waals surface area (Å²) in [5.74, 6) is -0.775. The van der Waals surface area contributed by atoms with Gasteiger partial charge in [-0.3, -0.25) is 4.79 Å². The van der Waals surface area contributed by atoms with Gasteiger partial charge in [-0.1, -0.05) is 25.1 Å². The lowest BCUT2D eigenvalue weighted by atomic mass is 10.2. The van der Waals surface area contributed by atoms with Gasteiger partial charge in [0, 0.05) is 7.05 Å². The molecular formula is C14H19NO4. The van der Waals surface area contributed by atoms with E-state index < -0.39 is 18.1 Å². The Kier molecular flexibility index (Phi) is 5.36. The minimum absolute atomic E-state index is 0.349. The zero-order chi connectivity index (χ0) is 14.4. The van der Waals surface area contributed by atoms with Crippen LogP contribution in [0.15, 0.2) is 30.3 Å². The summed E-state index contributed by atoms with van der Waals surface area (Å²) >= 11 is 0. The van der Waals surface area contributed by atoms with E-state index in [0.717, 1.165) is 0 Å². The van der Waals surface area contributed by atoms with Crippen molar-refractivity contribution in [3.63, 3.8) is 0 Å². The van der Waals surface area contributed by atoms with Crippen molar-refractivity contribution in [3.8, 4) is 5.75 Å². The minimum Gasteiger partial charge on any atom is -0.481 e. The molecule has 2 unspecified atom stereocenters. The highest BCUT2D eigenvalue weighted by molar-refractivity contribution is 5.86. The number of para-hydroxylation sites is 1. The van der Waals surface area contributed by atoms with Crippen LogP contribution in [-0.4, -0.2) is 41.1 Å². The molecule has 1 aromatic carbocycles. The number of amides is 1. The molecule has 0 spiro atoms. The van der Waals surface area contributed by atoms with E-state index in [9.17, 15) is 9.59 Å². The van der Waals surface area contributed by atoms with Gasteiger partial charge in [0.15, 0.2) is 6.10 Å². The normalized spacial score (nSPS) is 13.4. The fourth-order valence-electron chi connectivity index (χ4n) is 1.81. The van der Waals surface area contributed by atoms with Crippen LogP contribution >= 0.6 is 0 Å². The molecule has 5 nitrogen and oxygen atoms in total. The molecule has 104 valence electrons. The second-order valence-corrected chi connectivity index (χ2v) is 4.28. The van der Waals surface area contributed by atoms with Gasteiger partial charge in [-0.05, 0) is 25.5 Å². The highest BCUT2D eigenvalue weighted by atomic mass is 16.5. The first-order chi connectivity index (χ1) is 8.97. The maximum Gasteiger partial charge on any atom is 0.326 e. The predicted molar refractivity (Wildman–Crippen MR) is 71.0 cm³/mol. The number of aliphatic carboxylic acids is 1. The second kappa shape index (κ2) is 6.78. The average molecular weight is 265 g/mol. The zero-order valence-electron chi connectivity index (χ0n) is 11.4. The van der Waals surface area contributed by atoms with Crippen molar-refractivity contribution in [1.82, 2.24) is 4.90 Å². The number of carbonyl (C=O) groups excluding carboxylic acids is 1. The SMILES string of the molecule is CCC(C(=O)O)N(C)C(=O)C(C)Oc1ccccc1. The third-order valence-corrected chi connectivity index (χ3v) is 2.89. The van der Waals surface area contributed by atoms with E-state index in [1.807, 2.05) is 18.2 Å². The van der Waals surface area contributed by atoms with Crippen LogP contribution < -0.4 is 4.74 Å². The number of hydrogen-bond acceptors (Lipinski definition) is 3. The molecular weight excluding hydrogens is 246 g/mol. The maximum absolute atomic E-state index is 12.1. The number of carboxylic acid groups (broad SMARTS) is 1. The van der Waals surface area contributed by atoms with E-state index in [-0.39, 0.29) is 5.91 Å².